The molecule has 4 nitrogen and oxygen atoms in total. The molecule has 1 aromatic carbocycles. The number of aromatic nitrogens is 1. The maximum Gasteiger partial charge on any atom is 0.149 e. The topological polar surface area (TPSA) is 43.4 Å². The lowest BCUT2D eigenvalue weighted by Gasteiger charge is -2.11. The minimum Gasteiger partial charge on any atom is -0.497 e. The Kier molecular flexibility index (Phi) is 4.50. The molecule has 0 amide bonds. The number of anilines is 2. The molecule has 1 aromatic heterocycles. The molecule has 1 N–H and O–H groups in total. The SMILES string of the molecule is COc1cc(Nc2ncc(Br)cc2Cl)cc(OC)c1. The van der Waals surface area contributed by atoms with E-state index in [0.29, 0.717) is 22.3 Å². The van der Waals surface area contributed by atoms with E-state index in [1.807, 2.05) is 12.1 Å². The number of nitrogens with one attached hydrogen (secondary N) is 1. The Hall–Kier alpha value is -1.46. The van der Waals surface area contributed by atoms with Gasteiger partial charge in [0.1, 0.15) is 17.3 Å². The van der Waals surface area contributed by atoms with Gasteiger partial charge >= 0.3 is 0 Å². The molecule has 2 aromatic rings. The van der Waals surface area contributed by atoms with Crippen LogP contribution in [-0.2, 0) is 0 Å². The van der Waals surface area contributed by atoms with Crippen molar-refractivity contribution in [3.05, 3.63) is 40.0 Å². The summed E-state index contributed by atoms with van der Waals surface area (Å²) in [7, 11) is 3.20. The van der Waals surface area contributed by atoms with Crippen molar-refractivity contribution in [2.75, 3.05) is 19.5 Å². The second kappa shape index (κ2) is 6.12. The van der Waals surface area contributed by atoms with Gasteiger partial charge in [0.2, 0.25) is 0 Å². The zero-order valence-corrected chi connectivity index (χ0v) is 12.7. The average molecular weight is 344 g/mol. The molecular weight excluding hydrogens is 332 g/mol. The first-order valence-corrected chi connectivity index (χ1v) is 6.60. The summed E-state index contributed by atoms with van der Waals surface area (Å²) in [5.74, 6) is 1.95. The van der Waals surface area contributed by atoms with Gasteiger partial charge in [0, 0.05) is 34.6 Å². The van der Waals surface area contributed by atoms with E-state index >= 15 is 0 Å². The van der Waals surface area contributed by atoms with Crippen LogP contribution in [0.15, 0.2) is 34.9 Å². The number of hydrogen-bond donors (Lipinski definition) is 1. The van der Waals surface area contributed by atoms with Crippen molar-refractivity contribution in [2.45, 2.75) is 0 Å². The second-order valence-electron chi connectivity index (χ2n) is 3.71. The number of benzene rings is 1. The third kappa shape index (κ3) is 3.52. The van der Waals surface area contributed by atoms with Crippen LogP contribution in [0.1, 0.15) is 0 Å². The van der Waals surface area contributed by atoms with Crippen molar-refractivity contribution in [2.24, 2.45) is 0 Å². The molecule has 6 heteroatoms. The Labute approximate surface area is 124 Å². The number of pyridine rings is 1. The molecule has 0 bridgehead atoms. The quantitative estimate of drug-likeness (QED) is 0.901. The number of methoxy groups -OCH3 is 2. The zero-order chi connectivity index (χ0) is 13.8. The zero-order valence-electron chi connectivity index (χ0n) is 10.4. The van der Waals surface area contributed by atoms with Crippen LogP contribution in [0.5, 0.6) is 11.5 Å². The third-order valence-corrected chi connectivity index (χ3v) is 3.14. The molecule has 0 unspecified atom stereocenters. The predicted octanol–water partition coefficient (Wildman–Crippen LogP) is 4.26. The highest BCUT2D eigenvalue weighted by Gasteiger charge is 2.06. The van der Waals surface area contributed by atoms with Gasteiger partial charge in [-0.3, -0.25) is 0 Å². The molecule has 2 rings (SSSR count). The Morgan fingerprint density at radius 1 is 1.11 bits per heavy atom. The van der Waals surface area contributed by atoms with Gasteiger partial charge in [0.25, 0.3) is 0 Å². The number of halogens is 2. The van der Waals surface area contributed by atoms with Crippen LogP contribution in [0.25, 0.3) is 0 Å². The van der Waals surface area contributed by atoms with Gasteiger partial charge in [-0.15, -0.1) is 0 Å². The molecule has 19 heavy (non-hydrogen) atoms. The molecule has 0 radical (unpaired) electrons. The van der Waals surface area contributed by atoms with E-state index in [9.17, 15) is 0 Å². The van der Waals surface area contributed by atoms with Crippen molar-refractivity contribution >= 4 is 39.0 Å². The molecule has 1 heterocycles. The van der Waals surface area contributed by atoms with E-state index in [1.165, 1.54) is 0 Å². The Morgan fingerprint density at radius 3 is 2.26 bits per heavy atom. The fraction of sp³-hybridized carbons (Fsp3) is 0.154. The summed E-state index contributed by atoms with van der Waals surface area (Å²) in [6.45, 7) is 0. The fourth-order valence-corrected chi connectivity index (χ4v) is 2.20. The minimum atomic E-state index is 0.524. The molecule has 0 atom stereocenters. The van der Waals surface area contributed by atoms with Crippen molar-refractivity contribution in [3.63, 3.8) is 0 Å². The average Bonchev–Trinajstić information content (AvgIpc) is 2.41. The van der Waals surface area contributed by atoms with E-state index < -0.39 is 0 Å². The van der Waals surface area contributed by atoms with Crippen LogP contribution in [0.3, 0.4) is 0 Å². The summed E-state index contributed by atoms with van der Waals surface area (Å²) in [6.07, 6.45) is 1.67. The van der Waals surface area contributed by atoms with E-state index in [-0.39, 0.29) is 0 Å². The highest BCUT2D eigenvalue weighted by atomic mass is 79.9. The Morgan fingerprint density at radius 2 is 1.74 bits per heavy atom. The number of rotatable bonds is 4. The molecular formula is C13H12BrClN2O2. The smallest absolute Gasteiger partial charge is 0.149 e. The highest BCUT2D eigenvalue weighted by Crippen LogP contribution is 2.30. The number of hydrogen-bond acceptors (Lipinski definition) is 4. The van der Waals surface area contributed by atoms with Crippen molar-refractivity contribution in [1.82, 2.24) is 4.98 Å². The first kappa shape index (κ1) is 14.0. The van der Waals surface area contributed by atoms with Gasteiger partial charge in [0.15, 0.2) is 0 Å². The van der Waals surface area contributed by atoms with Gasteiger partial charge in [-0.1, -0.05) is 11.6 Å². The largest absolute Gasteiger partial charge is 0.497 e. The number of nitrogens with zero attached hydrogens (tertiary/aromatic N) is 1. The maximum absolute atomic E-state index is 6.11. The summed E-state index contributed by atoms with van der Waals surface area (Å²) in [6, 6.07) is 7.24. The van der Waals surface area contributed by atoms with Crippen LogP contribution in [-0.4, -0.2) is 19.2 Å². The molecule has 0 saturated heterocycles. The molecule has 0 aliphatic rings. The highest BCUT2D eigenvalue weighted by molar-refractivity contribution is 9.10. The molecule has 0 aliphatic heterocycles. The summed E-state index contributed by atoms with van der Waals surface area (Å²) >= 11 is 9.42. The minimum absolute atomic E-state index is 0.524. The summed E-state index contributed by atoms with van der Waals surface area (Å²) < 4.78 is 11.2. The maximum atomic E-state index is 6.11. The molecule has 0 fully saturated rings. The Bertz CT molecular complexity index is 571. The number of ether oxygens (including phenoxy) is 2. The molecule has 0 spiro atoms. The summed E-state index contributed by atoms with van der Waals surface area (Å²) in [4.78, 5) is 4.21. The lowest BCUT2D eigenvalue weighted by molar-refractivity contribution is 0.395. The van der Waals surface area contributed by atoms with E-state index in [4.69, 9.17) is 21.1 Å². The van der Waals surface area contributed by atoms with Crippen molar-refractivity contribution in [1.29, 1.82) is 0 Å². The lowest BCUT2D eigenvalue weighted by atomic mass is 10.2. The fourth-order valence-electron chi connectivity index (χ4n) is 1.52. The predicted molar refractivity (Wildman–Crippen MR) is 79.8 cm³/mol. The molecule has 100 valence electrons. The summed E-state index contributed by atoms with van der Waals surface area (Å²) in [5, 5.41) is 3.65. The lowest BCUT2D eigenvalue weighted by Crippen LogP contribution is -1.96. The van der Waals surface area contributed by atoms with Gasteiger partial charge < -0.3 is 14.8 Å². The summed E-state index contributed by atoms with van der Waals surface area (Å²) in [5.41, 5.74) is 0.785. The molecule has 0 aliphatic carbocycles. The van der Waals surface area contributed by atoms with Crippen LogP contribution in [0.4, 0.5) is 11.5 Å². The van der Waals surface area contributed by atoms with Crippen molar-refractivity contribution < 1.29 is 9.47 Å². The van der Waals surface area contributed by atoms with E-state index in [1.54, 1.807) is 32.5 Å². The third-order valence-electron chi connectivity index (χ3n) is 2.42. The van der Waals surface area contributed by atoms with Crippen molar-refractivity contribution in [3.8, 4) is 11.5 Å². The second-order valence-corrected chi connectivity index (χ2v) is 5.03. The van der Waals surface area contributed by atoms with Crippen LogP contribution >= 0.6 is 27.5 Å². The van der Waals surface area contributed by atoms with Gasteiger partial charge in [-0.05, 0) is 22.0 Å². The van der Waals surface area contributed by atoms with Gasteiger partial charge in [-0.25, -0.2) is 4.98 Å². The normalized spacial score (nSPS) is 10.1. The van der Waals surface area contributed by atoms with Crippen LogP contribution < -0.4 is 14.8 Å². The first-order valence-electron chi connectivity index (χ1n) is 5.43. The standard InChI is InChI=1S/C13H12BrClN2O2/c1-18-10-4-9(5-11(6-10)19-2)17-13-12(15)3-8(14)7-16-13/h3-7H,1-2H3,(H,16,17). The monoisotopic (exact) mass is 342 g/mol. The van der Waals surface area contributed by atoms with E-state index in [0.717, 1.165) is 10.2 Å². The molecule has 0 saturated carbocycles. The van der Waals surface area contributed by atoms with Crippen LogP contribution in [0, 0.1) is 0 Å². The van der Waals surface area contributed by atoms with Gasteiger partial charge in [-0.2, -0.15) is 0 Å². The van der Waals surface area contributed by atoms with Crippen LogP contribution in [0.2, 0.25) is 5.02 Å². The Balaban J connectivity index is 2.31. The first-order chi connectivity index (χ1) is 9.12. The van der Waals surface area contributed by atoms with E-state index in [2.05, 4.69) is 26.2 Å². The van der Waals surface area contributed by atoms with Gasteiger partial charge in [0.05, 0.1) is 19.2 Å².